The monoisotopic (exact) mass is 433 g/mol. The van der Waals surface area contributed by atoms with Crippen LogP contribution in [0, 0.1) is 12.7 Å². The number of amides is 1. The number of ether oxygens (including phenoxy) is 1. The smallest absolute Gasteiger partial charge is 0.251 e. The van der Waals surface area contributed by atoms with Crippen molar-refractivity contribution in [1.29, 1.82) is 0 Å². The summed E-state index contributed by atoms with van der Waals surface area (Å²) in [6.07, 6.45) is 0. The van der Waals surface area contributed by atoms with Crippen molar-refractivity contribution < 1.29 is 22.3 Å². The summed E-state index contributed by atoms with van der Waals surface area (Å²) in [4.78, 5) is 13.2. The molecule has 1 N–H and O–H groups in total. The lowest BCUT2D eigenvalue weighted by Crippen LogP contribution is -2.31. The second-order valence-electron chi connectivity index (χ2n) is 6.40. The van der Waals surface area contributed by atoms with Crippen molar-refractivity contribution in [3.8, 4) is 5.75 Å². The molecule has 1 aromatic heterocycles. The molecule has 2 aromatic carbocycles. The molecule has 152 valence electrons. The van der Waals surface area contributed by atoms with Crippen LogP contribution in [0.4, 0.5) is 4.39 Å². The van der Waals surface area contributed by atoms with Gasteiger partial charge in [0.05, 0.1) is 12.0 Å². The first-order valence-electron chi connectivity index (χ1n) is 8.78. The molecule has 1 amide bonds. The molecule has 0 saturated carbocycles. The highest BCUT2D eigenvalue weighted by Gasteiger charge is 2.31. The van der Waals surface area contributed by atoms with Gasteiger partial charge in [-0.2, -0.15) is 0 Å². The SMILES string of the molecule is COc1cccc(C(=O)NC[C@H](c2cccs2)S(=O)(=O)c2ccc(F)c(C)c2)c1. The molecule has 0 aliphatic rings. The normalized spacial score (nSPS) is 12.4. The minimum Gasteiger partial charge on any atom is -0.497 e. The third kappa shape index (κ3) is 4.65. The molecule has 0 aliphatic carbocycles. The zero-order chi connectivity index (χ0) is 21.0. The second kappa shape index (κ2) is 8.75. The van der Waals surface area contributed by atoms with Gasteiger partial charge in [-0.1, -0.05) is 12.1 Å². The van der Waals surface area contributed by atoms with E-state index in [0.717, 1.165) is 6.07 Å². The van der Waals surface area contributed by atoms with Crippen LogP contribution >= 0.6 is 11.3 Å². The third-order valence-corrected chi connectivity index (χ3v) is 7.69. The zero-order valence-electron chi connectivity index (χ0n) is 15.9. The average molecular weight is 434 g/mol. The van der Waals surface area contributed by atoms with Gasteiger partial charge in [0.15, 0.2) is 9.84 Å². The van der Waals surface area contributed by atoms with Crippen LogP contribution in [0.15, 0.2) is 64.9 Å². The van der Waals surface area contributed by atoms with E-state index in [1.807, 2.05) is 0 Å². The fraction of sp³-hybridized carbons (Fsp3) is 0.190. The van der Waals surface area contributed by atoms with Gasteiger partial charge in [0, 0.05) is 17.0 Å². The lowest BCUT2D eigenvalue weighted by molar-refractivity contribution is 0.0953. The number of methoxy groups -OCH3 is 1. The maximum atomic E-state index is 13.6. The molecule has 0 saturated heterocycles. The molecule has 3 aromatic rings. The Hall–Kier alpha value is -2.71. The molecule has 0 aliphatic heterocycles. The number of halogens is 1. The van der Waals surface area contributed by atoms with Crippen LogP contribution in [-0.4, -0.2) is 28.0 Å². The molecule has 1 heterocycles. The number of thiophene rings is 1. The van der Waals surface area contributed by atoms with E-state index >= 15 is 0 Å². The van der Waals surface area contributed by atoms with Crippen molar-refractivity contribution >= 4 is 27.1 Å². The first-order chi connectivity index (χ1) is 13.8. The highest BCUT2D eigenvalue weighted by atomic mass is 32.2. The number of nitrogens with one attached hydrogen (secondary N) is 1. The van der Waals surface area contributed by atoms with Crippen LogP contribution in [0.3, 0.4) is 0 Å². The quantitative estimate of drug-likeness (QED) is 0.568. The summed E-state index contributed by atoms with van der Waals surface area (Å²) in [6.45, 7) is 1.40. The van der Waals surface area contributed by atoms with E-state index in [1.54, 1.807) is 41.8 Å². The van der Waals surface area contributed by atoms with E-state index in [4.69, 9.17) is 4.74 Å². The molecule has 0 unspecified atom stereocenters. The van der Waals surface area contributed by atoms with Gasteiger partial charge in [0.2, 0.25) is 0 Å². The number of carbonyl (C=O) groups excluding carboxylic acids is 1. The number of carbonyl (C=O) groups is 1. The summed E-state index contributed by atoms with van der Waals surface area (Å²) in [7, 11) is -2.35. The Morgan fingerprint density at radius 3 is 2.62 bits per heavy atom. The second-order valence-corrected chi connectivity index (χ2v) is 9.51. The van der Waals surface area contributed by atoms with Gasteiger partial charge >= 0.3 is 0 Å². The first-order valence-corrected chi connectivity index (χ1v) is 11.2. The Balaban J connectivity index is 1.88. The van der Waals surface area contributed by atoms with Crippen LogP contribution in [0.25, 0.3) is 0 Å². The van der Waals surface area contributed by atoms with Crippen molar-refractivity contribution in [2.24, 2.45) is 0 Å². The number of rotatable bonds is 7. The molecule has 0 spiro atoms. The van der Waals surface area contributed by atoms with E-state index in [9.17, 15) is 17.6 Å². The van der Waals surface area contributed by atoms with E-state index in [-0.39, 0.29) is 17.0 Å². The van der Waals surface area contributed by atoms with Crippen LogP contribution in [0.5, 0.6) is 5.75 Å². The van der Waals surface area contributed by atoms with Crippen LogP contribution in [-0.2, 0) is 9.84 Å². The summed E-state index contributed by atoms with van der Waals surface area (Å²) in [5.41, 5.74) is 0.612. The standard InChI is InChI=1S/C21H20FNO4S2/c1-14-11-17(8-9-18(14)22)29(25,26)20(19-7-4-10-28-19)13-23-21(24)15-5-3-6-16(12-15)27-2/h3-12,20H,13H2,1-2H3,(H,23,24)/t20-/m1/s1. The summed E-state index contributed by atoms with van der Waals surface area (Å²) in [5, 5.41) is 3.49. The minimum atomic E-state index is -3.85. The van der Waals surface area contributed by atoms with Crippen molar-refractivity contribution in [1.82, 2.24) is 5.32 Å². The topological polar surface area (TPSA) is 72.5 Å². The van der Waals surface area contributed by atoms with E-state index in [2.05, 4.69) is 5.32 Å². The Bertz CT molecular complexity index is 1110. The number of hydrogen-bond acceptors (Lipinski definition) is 5. The van der Waals surface area contributed by atoms with Crippen molar-refractivity contribution in [3.05, 3.63) is 81.8 Å². The maximum Gasteiger partial charge on any atom is 0.251 e. The third-order valence-electron chi connectivity index (χ3n) is 4.47. The lowest BCUT2D eigenvalue weighted by atomic mass is 10.2. The number of benzene rings is 2. The van der Waals surface area contributed by atoms with Gasteiger partial charge in [-0.25, -0.2) is 12.8 Å². The molecule has 0 radical (unpaired) electrons. The summed E-state index contributed by atoms with van der Waals surface area (Å²) < 4.78 is 45.2. The van der Waals surface area contributed by atoms with Crippen molar-refractivity contribution in [2.45, 2.75) is 17.1 Å². The van der Waals surface area contributed by atoms with Gasteiger partial charge < -0.3 is 10.1 Å². The molecule has 3 rings (SSSR count). The predicted octanol–water partition coefficient (Wildman–Crippen LogP) is 4.15. The summed E-state index contributed by atoms with van der Waals surface area (Å²) >= 11 is 1.29. The zero-order valence-corrected chi connectivity index (χ0v) is 17.5. The maximum absolute atomic E-state index is 13.6. The van der Waals surface area contributed by atoms with Crippen molar-refractivity contribution in [3.63, 3.8) is 0 Å². The molecular formula is C21H20FNO4S2. The van der Waals surface area contributed by atoms with Crippen LogP contribution in [0.1, 0.15) is 26.0 Å². The molecule has 8 heteroatoms. The number of aryl methyl sites for hydroxylation is 1. The lowest BCUT2D eigenvalue weighted by Gasteiger charge is -2.18. The first kappa shape index (κ1) is 21.0. The summed E-state index contributed by atoms with van der Waals surface area (Å²) in [5.74, 6) is -0.347. The minimum absolute atomic E-state index is 0.0189. The van der Waals surface area contributed by atoms with Crippen LogP contribution < -0.4 is 10.1 Å². The fourth-order valence-corrected chi connectivity index (χ4v) is 5.72. The van der Waals surface area contributed by atoms with Gasteiger partial charge in [-0.05, 0) is 60.3 Å². The Labute approximate surface area is 173 Å². The Morgan fingerprint density at radius 1 is 1.17 bits per heavy atom. The van der Waals surface area contributed by atoms with Gasteiger partial charge in [0.1, 0.15) is 16.8 Å². The number of hydrogen-bond donors (Lipinski definition) is 1. The predicted molar refractivity (Wildman–Crippen MR) is 111 cm³/mol. The molecular weight excluding hydrogens is 413 g/mol. The fourth-order valence-electron chi connectivity index (χ4n) is 2.85. The molecule has 1 atom stereocenters. The molecule has 29 heavy (non-hydrogen) atoms. The Morgan fingerprint density at radius 2 is 1.97 bits per heavy atom. The van der Waals surface area contributed by atoms with Crippen molar-refractivity contribution in [2.75, 3.05) is 13.7 Å². The molecule has 0 bridgehead atoms. The van der Waals surface area contributed by atoms with E-state index in [0.29, 0.717) is 16.2 Å². The number of sulfone groups is 1. The van der Waals surface area contributed by atoms with Gasteiger partial charge in [-0.3, -0.25) is 4.79 Å². The highest BCUT2D eigenvalue weighted by Crippen LogP contribution is 2.32. The van der Waals surface area contributed by atoms with Crippen LogP contribution in [0.2, 0.25) is 0 Å². The Kier molecular flexibility index (Phi) is 6.34. The summed E-state index contributed by atoms with van der Waals surface area (Å²) in [6, 6.07) is 13.8. The largest absolute Gasteiger partial charge is 0.497 e. The molecule has 0 fully saturated rings. The van der Waals surface area contributed by atoms with E-state index in [1.165, 1.54) is 37.5 Å². The molecule has 5 nitrogen and oxygen atoms in total. The highest BCUT2D eigenvalue weighted by molar-refractivity contribution is 7.91. The van der Waals surface area contributed by atoms with Gasteiger partial charge in [0.25, 0.3) is 5.91 Å². The average Bonchev–Trinajstić information content (AvgIpc) is 3.24. The van der Waals surface area contributed by atoms with Gasteiger partial charge in [-0.15, -0.1) is 11.3 Å². The van der Waals surface area contributed by atoms with E-state index < -0.39 is 26.8 Å².